The van der Waals surface area contributed by atoms with Gasteiger partial charge in [-0.15, -0.1) is 0 Å². The molecule has 1 N–H and O–H groups in total. The Balaban J connectivity index is 1.65. The Hall–Kier alpha value is -4.24. The summed E-state index contributed by atoms with van der Waals surface area (Å²) in [6.45, 7) is 5.05. The fourth-order valence-electron chi connectivity index (χ4n) is 4.41. The first kappa shape index (κ1) is 26.4. The van der Waals surface area contributed by atoms with Crippen molar-refractivity contribution in [3.63, 3.8) is 0 Å². The van der Waals surface area contributed by atoms with Gasteiger partial charge in [0.1, 0.15) is 23.1 Å². The maximum atomic E-state index is 13.9. The monoisotopic (exact) mass is 546 g/mol. The largest absolute Gasteiger partial charge is 0.507 e. The lowest BCUT2D eigenvalue weighted by Crippen LogP contribution is -2.29. The van der Waals surface area contributed by atoms with Crippen LogP contribution in [0.4, 0.5) is 9.52 Å². The van der Waals surface area contributed by atoms with Gasteiger partial charge in [0, 0.05) is 5.56 Å². The molecule has 1 aliphatic heterocycles. The average Bonchev–Trinajstić information content (AvgIpc) is 3.48. The Kier molecular flexibility index (Phi) is 7.60. The molecule has 5 rings (SSSR count). The van der Waals surface area contributed by atoms with Crippen LogP contribution in [0.3, 0.4) is 0 Å². The van der Waals surface area contributed by atoms with Crippen LogP contribution in [0.1, 0.15) is 43.9 Å². The minimum absolute atomic E-state index is 0.0692. The molecule has 39 heavy (non-hydrogen) atoms. The molecule has 0 spiro atoms. The van der Waals surface area contributed by atoms with Gasteiger partial charge in [-0.3, -0.25) is 14.5 Å². The number of hydrogen-bond donors (Lipinski definition) is 1. The number of Topliss-reactive ketones (excluding diaryl/α,β-unsaturated/α-hetero) is 1. The molecule has 1 fully saturated rings. The number of aliphatic hydroxyl groups excluding tert-OH is 1. The zero-order chi connectivity index (χ0) is 27.5. The number of aliphatic hydroxyl groups is 1. The standard InChI is InChI=1S/C30H27FN2O5S/c1-3-14-37-21-11-8-18(9-12-21)27(34)25-26(19-6-5-7-22(16-19)38-15-4-2)33(29(36)28(25)35)30-32-23-13-10-20(31)17-24(23)39-30/h5-13,16-17,26,34H,3-4,14-15H2,1-2H3/b27-25+. The second-order valence-electron chi connectivity index (χ2n) is 9.07. The number of anilines is 1. The van der Waals surface area contributed by atoms with E-state index >= 15 is 0 Å². The molecule has 1 amide bonds. The lowest BCUT2D eigenvalue weighted by molar-refractivity contribution is -0.132. The predicted molar refractivity (Wildman–Crippen MR) is 149 cm³/mol. The Morgan fingerprint density at radius 2 is 1.69 bits per heavy atom. The molecule has 200 valence electrons. The van der Waals surface area contributed by atoms with Crippen LogP contribution < -0.4 is 14.4 Å². The summed E-state index contributed by atoms with van der Waals surface area (Å²) in [6.07, 6.45) is 1.66. The van der Waals surface area contributed by atoms with Crippen LogP contribution in [0, 0.1) is 5.82 Å². The topological polar surface area (TPSA) is 89.0 Å². The third kappa shape index (κ3) is 5.22. The summed E-state index contributed by atoms with van der Waals surface area (Å²) in [7, 11) is 0. The number of amides is 1. The van der Waals surface area contributed by atoms with E-state index in [4.69, 9.17) is 9.47 Å². The number of rotatable bonds is 9. The van der Waals surface area contributed by atoms with E-state index in [0.717, 1.165) is 24.2 Å². The van der Waals surface area contributed by atoms with Crippen LogP contribution in [0.2, 0.25) is 0 Å². The summed E-state index contributed by atoms with van der Waals surface area (Å²) in [5.41, 5.74) is 1.37. The fraction of sp³-hybridized carbons (Fsp3) is 0.233. The Bertz CT molecular complexity index is 1560. The van der Waals surface area contributed by atoms with Crippen LogP contribution in [-0.4, -0.2) is 35.0 Å². The third-order valence-corrected chi connectivity index (χ3v) is 7.25. The fourth-order valence-corrected chi connectivity index (χ4v) is 5.43. The van der Waals surface area contributed by atoms with Crippen molar-refractivity contribution >= 4 is 44.1 Å². The van der Waals surface area contributed by atoms with Crippen molar-refractivity contribution < 1.29 is 28.6 Å². The van der Waals surface area contributed by atoms with Crippen LogP contribution >= 0.6 is 11.3 Å². The smallest absolute Gasteiger partial charge is 0.301 e. The van der Waals surface area contributed by atoms with E-state index in [0.29, 0.717) is 46.1 Å². The number of carbonyl (C=O) groups excluding carboxylic acids is 2. The number of fused-ring (bicyclic) bond motifs is 1. The molecule has 2 heterocycles. The summed E-state index contributed by atoms with van der Waals surface area (Å²) in [6, 6.07) is 17.0. The van der Waals surface area contributed by atoms with E-state index in [-0.39, 0.29) is 16.5 Å². The number of nitrogens with zero attached hydrogens (tertiary/aromatic N) is 2. The first-order chi connectivity index (χ1) is 18.9. The van der Waals surface area contributed by atoms with Gasteiger partial charge in [-0.25, -0.2) is 9.37 Å². The number of hydrogen-bond acceptors (Lipinski definition) is 7. The SMILES string of the molecule is CCCOc1ccc(/C(O)=C2\C(=O)C(=O)N(c3nc4ccc(F)cc4s3)C2c2cccc(OCCC)c2)cc1. The van der Waals surface area contributed by atoms with Gasteiger partial charge in [0.05, 0.1) is 35.0 Å². The molecule has 0 bridgehead atoms. The zero-order valence-electron chi connectivity index (χ0n) is 21.5. The number of ether oxygens (including phenoxy) is 2. The lowest BCUT2D eigenvalue weighted by atomic mass is 9.95. The van der Waals surface area contributed by atoms with Crippen LogP contribution in [-0.2, 0) is 9.59 Å². The molecule has 1 aromatic heterocycles. The normalized spacial score (nSPS) is 16.7. The second-order valence-corrected chi connectivity index (χ2v) is 10.1. The lowest BCUT2D eigenvalue weighted by Gasteiger charge is -2.23. The maximum Gasteiger partial charge on any atom is 0.301 e. The van der Waals surface area contributed by atoms with Crippen molar-refractivity contribution in [3.05, 3.63) is 89.2 Å². The summed E-state index contributed by atoms with van der Waals surface area (Å²) in [5, 5.41) is 11.6. The number of benzene rings is 3. The molecule has 1 unspecified atom stereocenters. The summed E-state index contributed by atoms with van der Waals surface area (Å²) >= 11 is 1.10. The van der Waals surface area contributed by atoms with E-state index < -0.39 is 23.5 Å². The van der Waals surface area contributed by atoms with Crippen molar-refractivity contribution in [3.8, 4) is 11.5 Å². The highest BCUT2D eigenvalue weighted by Crippen LogP contribution is 2.45. The van der Waals surface area contributed by atoms with Crippen molar-refractivity contribution in [1.29, 1.82) is 0 Å². The Morgan fingerprint density at radius 1 is 0.974 bits per heavy atom. The molecule has 3 aromatic carbocycles. The minimum Gasteiger partial charge on any atom is -0.507 e. The Labute approximate surface area is 229 Å². The summed E-state index contributed by atoms with van der Waals surface area (Å²) in [4.78, 5) is 32.8. The quantitative estimate of drug-likeness (QED) is 0.144. The van der Waals surface area contributed by atoms with E-state index in [1.807, 2.05) is 13.8 Å². The van der Waals surface area contributed by atoms with Gasteiger partial charge in [-0.2, -0.15) is 0 Å². The molecule has 1 saturated heterocycles. The predicted octanol–water partition coefficient (Wildman–Crippen LogP) is 6.64. The van der Waals surface area contributed by atoms with Crippen LogP contribution in [0.25, 0.3) is 16.0 Å². The summed E-state index contributed by atoms with van der Waals surface area (Å²) in [5.74, 6) is -1.20. The van der Waals surface area contributed by atoms with Gasteiger partial charge in [0.2, 0.25) is 0 Å². The third-order valence-electron chi connectivity index (χ3n) is 6.24. The van der Waals surface area contributed by atoms with Gasteiger partial charge in [-0.05, 0) is 73.0 Å². The molecular formula is C30H27FN2O5S. The highest BCUT2D eigenvalue weighted by molar-refractivity contribution is 7.22. The first-order valence-electron chi connectivity index (χ1n) is 12.7. The van der Waals surface area contributed by atoms with Crippen LogP contribution in [0.15, 0.2) is 72.3 Å². The molecule has 9 heteroatoms. The number of carbonyl (C=O) groups is 2. The van der Waals surface area contributed by atoms with Crippen LogP contribution in [0.5, 0.6) is 11.5 Å². The summed E-state index contributed by atoms with van der Waals surface area (Å²) < 4.78 is 25.8. The van der Waals surface area contributed by atoms with Gasteiger partial charge < -0.3 is 14.6 Å². The minimum atomic E-state index is -0.975. The number of aromatic nitrogens is 1. The Morgan fingerprint density at radius 3 is 2.41 bits per heavy atom. The highest BCUT2D eigenvalue weighted by Gasteiger charge is 2.48. The van der Waals surface area contributed by atoms with E-state index in [1.165, 1.54) is 23.1 Å². The van der Waals surface area contributed by atoms with E-state index in [2.05, 4.69) is 4.98 Å². The van der Waals surface area contributed by atoms with Crippen molar-refractivity contribution in [2.75, 3.05) is 18.1 Å². The first-order valence-corrected chi connectivity index (χ1v) is 13.6. The van der Waals surface area contributed by atoms with Crippen molar-refractivity contribution in [1.82, 2.24) is 4.98 Å². The number of halogens is 1. The molecule has 0 saturated carbocycles. The van der Waals surface area contributed by atoms with Gasteiger partial charge >= 0.3 is 5.91 Å². The number of ketones is 1. The molecule has 1 aliphatic rings. The molecular weight excluding hydrogens is 519 g/mol. The molecule has 0 aliphatic carbocycles. The van der Waals surface area contributed by atoms with Gasteiger partial charge in [0.25, 0.3) is 5.78 Å². The molecule has 0 radical (unpaired) electrons. The van der Waals surface area contributed by atoms with Gasteiger partial charge in [-0.1, -0.05) is 37.3 Å². The second kappa shape index (κ2) is 11.2. The maximum absolute atomic E-state index is 13.9. The average molecular weight is 547 g/mol. The van der Waals surface area contributed by atoms with Crippen molar-refractivity contribution in [2.24, 2.45) is 0 Å². The molecule has 4 aromatic rings. The zero-order valence-corrected chi connectivity index (χ0v) is 22.3. The van der Waals surface area contributed by atoms with E-state index in [1.54, 1.807) is 48.5 Å². The molecule has 7 nitrogen and oxygen atoms in total. The highest BCUT2D eigenvalue weighted by atomic mass is 32.1. The van der Waals surface area contributed by atoms with Crippen molar-refractivity contribution in [2.45, 2.75) is 32.7 Å². The van der Waals surface area contributed by atoms with Gasteiger partial charge in [0.15, 0.2) is 5.13 Å². The number of thiazole rings is 1. The van der Waals surface area contributed by atoms with E-state index in [9.17, 15) is 19.1 Å². The molecule has 1 atom stereocenters.